The van der Waals surface area contributed by atoms with Gasteiger partial charge in [0.2, 0.25) is 0 Å². The summed E-state index contributed by atoms with van der Waals surface area (Å²) >= 11 is 0. The zero-order valence-electron chi connectivity index (χ0n) is 24.1. The Kier molecular flexibility index (Phi) is 16.8. The normalized spacial score (nSPS) is 14.4. The molecule has 0 aliphatic carbocycles. The molecule has 0 aromatic heterocycles. The molecule has 50 heavy (non-hydrogen) atoms. The SMILES string of the molecule is O=C(CCC(=O)OC(COCC(F)(F)C(F)(F)F)COCC(F)(F)C(F)(F)F)OC(COCC(F)(F)C(F)(F)F)COCC(F)(F)C(F)(F)F. The Bertz CT molecular complexity index is 908. The largest absolute Gasteiger partial charge is 0.457 e. The average molecular weight is 794 g/mol. The highest BCUT2D eigenvalue weighted by molar-refractivity contribution is 5.77. The van der Waals surface area contributed by atoms with Crippen LogP contribution in [0.2, 0.25) is 0 Å². The summed E-state index contributed by atoms with van der Waals surface area (Å²) in [5.41, 5.74) is 0. The lowest BCUT2D eigenvalue weighted by Gasteiger charge is -2.24. The van der Waals surface area contributed by atoms with Crippen molar-refractivity contribution >= 4 is 11.9 Å². The predicted molar refractivity (Wildman–Crippen MR) is 116 cm³/mol. The quantitative estimate of drug-likeness (QED) is 0.0970. The first-order chi connectivity index (χ1) is 22.2. The van der Waals surface area contributed by atoms with E-state index in [-0.39, 0.29) is 0 Å². The molecule has 8 nitrogen and oxygen atoms in total. The molecule has 0 rings (SSSR count). The van der Waals surface area contributed by atoms with Crippen LogP contribution in [-0.4, -0.2) is 125 Å². The van der Waals surface area contributed by atoms with Crippen LogP contribution in [-0.2, 0) is 38.0 Å². The van der Waals surface area contributed by atoms with Gasteiger partial charge in [0.15, 0.2) is 0 Å². The number of halogens is 20. The molecular formula is C22H22F20O8. The van der Waals surface area contributed by atoms with E-state index < -0.39 is 138 Å². The molecule has 0 bridgehead atoms. The first-order valence-electron chi connectivity index (χ1n) is 12.6. The van der Waals surface area contributed by atoms with Crippen LogP contribution in [0.1, 0.15) is 12.8 Å². The van der Waals surface area contributed by atoms with Crippen LogP contribution in [0.15, 0.2) is 0 Å². The van der Waals surface area contributed by atoms with E-state index in [1.807, 2.05) is 0 Å². The summed E-state index contributed by atoms with van der Waals surface area (Å²) in [5, 5.41) is 0. The van der Waals surface area contributed by atoms with Crippen LogP contribution in [0.5, 0.6) is 0 Å². The van der Waals surface area contributed by atoms with Gasteiger partial charge in [0.05, 0.1) is 39.3 Å². The third kappa shape index (κ3) is 16.2. The van der Waals surface area contributed by atoms with Crippen molar-refractivity contribution in [3.8, 4) is 0 Å². The van der Waals surface area contributed by atoms with Gasteiger partial charge in [-0.3, -0.25) is 9.59 Å². The van der Waals surface area contributed by atoms with E-state index in [4.69, 9.17) is 0 Å². The number of hydrogen-bond donors (Lipinski definition) is 0. The van der Waals surface area contributed by atoms with Crippen molar-refractivity contribution in [3.63, 3.8) is 0 Å². The molecule has 0 radical (unpaired) electrons. The summed E-state index contributed by atoms with van der Waals surface area (Å²) in [7, 11) is 0. The Balaban J connectivity index is 5.47. The van der Waals surface area contributed by atoms with E-state index in [0.29, 0.717) is 0 Å². The van der Waals surface area contributed by atoms with Crippen LogP contribution in [0.3, 0.4) is 0 Å². The third-order valence-electron chi connectivity index (χ3n) is 5.14. The molecule has 0 amide bonds. The van der Waals surface area contributed by atoms with Crippen molar-refractivity contribution in [2.24, 2.45) is 0 Å². The molecule has 0 spiro atoms. The van der Waals surface area contributed by atoms with Crippen molar-refractivity contribution in [3.05, 3.63) is 0 Å². The van der Waals surface area contributed by atoms with Crippen LogP contribution in [0, 0.1) is 0 Å². The van der Waals surface area contributed by atoms with Crippen LogP contribution in [0.4, 0.5) is 87.8 Å². The summed E-state index contributed by atoms with van der Waals surface area (Å²) < 4.78 is 276. The van der Waals surface area contributed by atoms with Crippen LogP contribution >= 0.6 is 0 Å². The summed E-state index contributed by atoms with van der Waals surface area (Å²) in [6.45, 7) is -16.3. The van der Waals surface area contributed by atoms with Gasteiger partial charge in [0.25, 0.3) is 0 Å². The minimum atomic E-state index is -6.20. The number of carbonyl (C=O) groups excluding carboxylic acids is 2. The van der Waals surface area contributed by atoms with E-state index >= 15 is 0 Å². The molecule has 0 aromatic rings. The standard InChI is InChI=1S/C22H22F20O8/c23-15(24,19(31,32)33)7-45-3-11(4-46-8-16(25,26)20(34,35)36)49-13(43)1-2-14(44)50-12(5-47-9-17(27,28)21(37,38)39)6-48-10-18(29,30)22(40,41)42/h11-12H,1-10H2. The molecule has 0 unspecified atom stereocenters. The molecule has 0 aliphatic rings. The molecule has 0 fully saturated rings. The number of hydrogen-bond acceptors (Lipinski definition) is 8. The molecule has 0 aliphatic heterocycles. The van der Waals surface area contributed by atoms with E-state index in [1.165, 1.54) is 0 Å². The van der Waals surface area contributed by atoms with Gasteiger partial charge >= 0.3 is 60.3 Å². The molecule has 0 aromatic carbocycles. The van der Waals surface area contributed by atoms with E-state index in [1.54, 1.807) is 0 Å². The lowest BCUT2D eigenvalue weighted by atomic mass is 10.3. The maximum atomic E-state index is 13.0. The smallest absolute Gasteiger partial charge is 0.455 e. The van der Waals surface area contributed by atoms with Crippen LogP contribution in [0.25, 0.3) is 0 Å². The van der Waals surface area contributed by atoms with Crippen molar-refractivity contribution in [1.82, 2.24) is 0 Å². The maximum absolute atomic E-state index is 13.0. The van der Waals surface area contributed by atoms with Crippen molar-refractivity contribution < 1.29 is 126 Å². The molecule has 298 valence electrons. The number of alkyl halides is 20. The molecule has 0 atom stereocenters. The van der Waals surface area contributed by atoms with Gasteiger partial charge in [-0.05, 0) is 0 Å². The fraction of sp³-hybridized carbons (Fsp3) is 0.909. The summed E-state index contributed by atoms with van der Waals surface area (Å²) in [4.78, 5) is 24.0. The topological polar surface area (TPSA) is 89.5 Å². The minimum absolute atomic E-state index is 1.31. The van der Waals surface area contributed by atoms with Gasteiger partial charge in [0.1, 0.15) is 38.6 Å². The second-order valence-electron chi connectivity index (χ2n) is 9.59. The van der Waals surface area contributed by atoms with Gasteiger partial charge in [-0.2, -0.15) is 87.8 Å². The Morgan fingerprint density at radius 3 is 0.700 bits per heavy atom. The zero-order valence-corrected chi connectivity index (χ0v) is 24.1. The Morgan fingerprint density at radius 2 is 0.540 bits per heavy atom. The van der Waals surface area contributed by atoms with Gasteiger partial charge < -0.3 is 28.4 Å². The summed E-state index contributed by atoms with van der Waals surface area (Å²) in [6, 6.07) is 0. The number of rotatable bonds is 21. The van der Waals surface area contributed by atoms with Gasteiger partial charge in [-0.15, -0.1) is 0 Å². The third-order valence-corrected chi connectivity index (χ3v) is 5.14. The van der Waals surface area contributed by atoms with E-state index in [2.05, 4.69) is 28.4 Å². The molecule has 0 N–H and O–H groups in total. The first-order valence-corrected chi connectivity index (χ1v) is 12.6. The van der Waals surface area contributed by atoms with Crippen molar-refractivity contribution in [1.29, 1.82) is 0 Å². The summed E-state index contributed by atoms with van der Waals surface area (Å²) in [6.07, 6.45) is -32.1. The molecule has 0 saturated heterocycles. The minimum Gasteiger partial charge on any atom is -0.457 e. The van der Waals surface area contributed by atoms with Gasteiger partial charge in [0, 0.05) is 0 Å². The molecule has 0 heterocycles. The second kappa shape index (κ2) is 17.7. The number of ether oxygens (including phenoxy) is 6. The van der Waals surface area contributed by atoms with Crippen molar-refractivity contribution in [2.75, 3.05) is 52.9 Å². The Morgan fingerprint density at radius 1 is 0.360 bits per heavy atom. The number of esters is 2. The molecule has 28 heteroatoms. The highest BCUT2D eigenvalue weighted by Gasteiger charge is 2.60. The Labute approximate surface area is 265 Å². The molecular weight excluding hydrogens is 772 g/mol. The lowest BCUT2D eigenvalue weighted by molar-refractivity contribution is -0.301. The highest BCUT2D eigenvalue weighted by atomic mass is 19.4. The van der Waals surface area contributed by atoms with E-state index in [0.717, 1.165) is 0 Å². The summed E-state index contributed by atoms with van der Waals surface area (Å²) in [5.74, 6) is -25.7. The van der Waals surface area contributed by atoms with Crippen LogP contribution < -0.4 is 0 Å². The zero-order chi connectivity index (χ0) is 39.6. The lowest BCUT2D eigenvalue weighted by Crippen LogP contribution is -2.43. The maximum Gasteiger partial charge on any atom is 0.455 e. The monoisotopic (exact) mass is 794 g/mol. The number of carbonyl (C=O) groups is 2. The fourth-order valence-corrected chi connectivity index (χ4v) is 2.53. The predicted octanol–water partition coefficient (Wildman–Crippen LogP) is 6.45. The van der Waals surface area contributed by atoms with Crippen molar-refractivity contribution in [2.45, 2.75) is 73.4 Å². The van der Waals surface area contributed by atoms with Gasteiger partial charge in [-0.25, -0.2) is 0 Å². The fourth-order valence-electron chi connectivity index (χ4n) is 2.53. The second-order valence-corrected chi connectivity index (χ2v) is 9.59. The highest BCUT2D eigenvalue weighted by Crippen LogP contribution is 2.38. The van der Waals surface area contributed by atoms with Gasteiger partial charge in [-0.1, -0.05) is 0 Å². The van der Waals surface area contributed by atoms with E-state index in [9.17, 15) is 97.4 Å². The average Bonchev–Trinajstić information content (AvgIpc) is 2.88. The Hall–Kier alpha value is -2.62. The molecule has 0 saturated carbocycles. The first kappa shape index (κ1) is 47.4.